The lowest BCUT2D eigenvalue weighted by Crippen LogP contribution is -2.33. The van der Waals surface area contributed by atoms with Crippen molar-refractivity contribution in [1.82, 2.24) is 9.80 Å². The Labute approximate surface area is 228 Å². The van der Waals surface area contributed by atoms with Crippen LogP contribution in [-0.4, -0.2) is 56.4 Å². The van der Waals surface area contributed by atoms with Crippen molar-refractivity contribution in [2.45, 2.75) is 44.8 Å². The first-order chi connectivity index (χ1) is 18.5. The summed E-state index contributed by atoms with van der Waals surface area (Å²) in [5.74, 6) is 2.50. The third-order valence-corrected chi connectivity index (χ3v) is 7.52. The fourth-order valence-corrected chi connectivity index (χ4v) is 5.13. The molecular formula is C33H42N2O3. The SMILES string of the molecule is COc1ccc(OC(CCN(C)C)c2ccc(C(=O)CCC3CCN(Cc4ccccc4)CC3)cc2)cc1. The molecule has 1 heterocycles. The van der Waals surface area contributed by atoms with E-state index in [-0.39, 0.29) is 11.9 Å². The second-order valence-electron chi connectivity index (χ2n) is 10.7. The van der Waals surface area contributed by atoms with Gasteiger partial charge in [0.25, 0.3) is 0 Å². The summed E-state index contributed by atoms with van der Waals surface area (Å²) in [7, 11) is 5.80. The first kappa shape index (κ1) is 27.9. The van der Waals surface area contributed by atoms with Crippen LogP contribution >= 0.6 is 0 Å². The molecule has 0 amide bonds. The molecule has 3 aromatic rings. The van der Waals surface area contributed by atoms with Gasteiger partial charge in [-0.25, -0.2) is 0 Å². The van der Waals surface area contributed by atoms with E-state index in [0.29, 0.717) is 12.3 Å². The van der Waals surface area contributed by atoms with Crippen LogP contribution in [0.5, 0.6) is 11.5 Å². The predicted molar refractivity (Wildman–Crippen MR) is 154 cm³/mol. The van der Waals surface area contributed by atoms with Gasteiger partial charge in [-0.15, -0.1) is 0 Å². The Bertz CT molecular complexity index is 1110. The number of hydrogen-bond donors (Lipinski definition) is 0. The van der Waals surface area contributed by atoms with E-state index in [0.717, 1.165) is 61.6 Å². The number of ketones is 1. The molecule has 1 aliphatic heterocycles. The number of hydrogen-bond acceptors (Lipinski definition) is 5. The lowest BCUT2D eigenvalue weighted by Gasteiger charge is -2.32. The fraction of sp³-hybridized carbons (Fsp3) is 0.424. The quantitative estimate of drug-likeness (QED) is 0.239. The molecule has 4 rings (SSSR count). The maximum Gasteiger partial charge on any atom is 0.162 e. The molecule has 0 spiro atoms. The van der Waals surface area contributed by atoms with E-state index in [9.17, 15) is 4.79 Å². The number of carbonyl (C=O) groups excluding carboxylic acids is 1. The molecule has 5 heteroatoms. The fourth-order valence-electron chi connectivity index (χ4n) is 5.13. The van der Waals surface area contributed by atoms with E-state index in [2.05, 4.69) is 66.4 Å². The van der Waals surface area contributed by atoms with E-state index >= 15 is 0 Å². The van der Waals surface area contributed by atoms with E-state index in [1.54, 1.807) is 7.11 Å². The molecule has 3 aromatic carbocycles. The highest BCUT2D eigenvalue weighted by Gasteiger charge is 2.21. The molecule has 0 saturated carbocycles. The molecule has 5 nitrogen and oxygen atoms in total. The molecule has 1 unspecified atom stereocenters. The monoisotopic (exact) mass is 514 g/mol. The molecule has 1 fully saturated rings. The predicted octanol–water partition coefficient (Wildman–Crippen LogP) is 6.64. The number of piperidine rings is 1. The van der Waals surface area contributed by atoms with Gasteiger partial charge >= 0.3 is 0 Å². The Morgan fingerprint density at radius 1 is 0.921 bits per heavy atom. The van der Waals surface area contributed by atoms with Crippen LogP contribution in [0.15, 0.2) is 78.9 Å². The number of Topliss-reactive ketones (excluding diaryl/α,β-unsaturated/α-hetero) is 1. The van der Waals surface area contributed by atoms with Gasteiger partial charge in [0.2, 0.25) is 0 Å². The van der Waals surface area contributed by atoms with Crippen molar-refractivity contribution in [1.29, 1.82) is 0 Å². The van der Waals surface area contributed by atoms with Gasteiger partial charge in [-0.05, 0) is 87.8 Å². The van der Waals surface area contributed by atoms with E-state index in [1.807, 2.05) is 36.4 Å². The zero-order valence-corrected chi connectivity index (χ0v) is 23.1. The minimum absolute atomic E-state index is 0.0870. The highest BCUT2D eigenvalue weighted by molar-refractivity contribution is 5.96. The van der Waals surface area contributed by atoms with Crippen molar-refractivity contribution in [3.63, 3.8) is 0 Å². The maximum absolute atomic E-state index is 13.0. The topological polar surface area (TPSA) is 42.0 Å². The first-order valence-electron chi connectivity index (χ1n) is 13.8. The van der Waals surface area contributed by atoms with Crippen molar-refractivity contribution >= 4 is 5.78 Å². The largest absolute Gasteiger partial charge is 0.497 e. The summed E-state index contributed by atoms with van der Waals surface area (Å²) in [6.45, 7) is 4.16. The molecular weight excluding hydrogens is 472 g/mol. The van der Waals surface area contributed by atoms with E-state index in [4.69, 9.17) is 9.47 Å². The Morgan fingerprint density at radius 3 is 2.21 bits per heavy atom. The molecule has 202 valence electrons. The summed E-state index contributed by atoms with van der Waals surface area (Å²) in [5, 5.41) is 0. The van der Waals surface area contributed by atoms with Gasteiger partial charge in [-0.3, -0.25) is 9.69 Å². The Kier molecular flexibility index (Phi) is 10.4. The van der Waals surface area contributed by atoms with Gasteiger partial charge in [-0.2, -0.15) is 0 Å². The summed E-state index contributed by atoms with van der Waals surface area (Å²) in [6.07, 6.45) is 4.72. The van der Waals surface area contributed by atoms with Crippen LogP contribution in [0, 0.1) is 5.92 Å². The smallest absolute Gasteiger partial charge is 0.162 e. The second-order valence-corrected chi connectivity index (χ2v) is 10.7. The van der Waals surface area contributed by atoms with Gasteiger partial charge in [0.1, 0.15) is 17.6 Å². The third-order valence-electron chi connectivity index (χ3n) is 7.52. The number of nitrogens with zero attached hydrogens (tertiary/aromatic N) is 2. The van der Waals surface area contributed by atoms with Gasteiger partial charge in [0.05, 0.1) is 7.11 Å². The van der Waals surface area contributed by atoms with Crippen LogP contribution in [0.1, 0.15) is 59.7 Å². The van der Waals surface area contributed by atoms with Crippen molar-refractivity contribution in [3.8, 4) is 11.5 Å². The highest BCUT2D eigenvalue weighted by atomic mass is 16.5. The van der Waals surface area contributed by atoms with Gasteiger partial charge in [0.15, 0.2) is 5.78 Å². The van der Waals surface area contributed by atoms with Crippen LogP contribution in [-0.2, 0) is 6.54 Å². The van der Waals surface area contributed by atoms with Crippen molar-refractivity contribution in [3.05, 3.63) is 95.6 Å². The average Bonchev–Trinajstić information content (AvgIpc) is 2.95. The van der Waals surface area contributed by atoms with E-state index < -0.39 is 0 Å². The van der Waals surface area contributed by atoms with Crippen molar-refractivity contribution in [2.24, 2.45) is 5.92 Å². The van der Waals surface area contributed by atoms with Gasteiger partial charge < -0.3 is 14.4 Å². The number of benzene rings is 3. The number of ether oxygens (including phenoxy) is 2. The van der Waals surface area contributed by atoms with Crippen LogP contribution in [0.3, 0.4) is 0 Å². The standard InChI is InChI=1S/C33H42N2O3/c1-34(2)22-21-33(38-31-16-14-30(37-3)15-17-31)29-12-10-28(11-13-29)32(36)18-9-26-19-23-35(24-20-26)25-27-7-5-4-6-8-27/h4-8,10-17,26,33H,9,18-25H2,1-3H3. The van der Waals surface area contributed by atoms with Gasteiger partial charge in [0, 0.05) is 31.5 Å². The molecule has 1 aliphatic rings. The summed E-state index contributed by atoms with van der Waals surface area (Å²) in [6, 6.07) is 26.4. The third kappa shape index (κ3) is 8.44. The Hall–Kier alpha value is -3.15. The minimum Gasteiger partial charge on any atom is -0.497 e. The lowest BCUT2D eigenvalue weighted by molar-refractivity contribution is 0.0961. The first-order valence-corrected chi connectivity index (χ1v) is 13.8. The molecule has 1 saturated heterocycles. The summed E-state index contributed by atoms with van der Waals surface area (Å²) in [4.78, 5) is 17.7. The zero-order chi connectivity index (χ0) is 26.7. The molecule has 0 N–H and O–H groups in total. The van der Waals surface area contributed by atoms with Gasteiger partial charge in [-0.1, -0.05) is 54.6 Å². The molecule has 38 heavy (non-hydrogen) atoms. The minimum atomic E-state index is -0.0870. The summed E-state index contributed by atoms with van der Waals surface area (Å²) in [5.41, 5.74) is 3.26. The number of methoxy groups -OCH3 is 1. The van der Waals surface area contributed by atoms with Crippen LogP contribution in [0.4, 0.5) is 0 Å². The Balaban J connectivity index is 1.27. The van der Waals surface area contributed by atoms with Crippen LogP contribution in [0.2, 0.25) is 0 Å². The Morgan fingerprint density at radius 2 is 1.58 bits per heavy atom. The van der Waals surface area contributed by atoms with Crippen LogP contribution in [0.25, 0.3) is 0 Å². The molecule has 0 bridgehead atoms. The molecule has 0 radical (unpaired) electrons. The lowest BCUT2D eigenvalue weighted by atomic mass is 9.90. The van der Waals surface area contributed by atoms with Crippen LogP contribution < -0.4 is 9.47 Å². The van der Waals surface area contributed by atoms with E-state index in [1.165, 1.54) is 18.4 Å². The molecule has 0 aromatic heterocycles. The van der Waals surface area contributed by atoms with Crippen molar-refractivity contribution < 1.29 is 14.3 Å². The molecule has 0 aliphatic carbocycles. The second kappa shape index (κ2) is 14.1. The molecule has 1 atom stereocenters. The highest BCUT2D eigenvalue weighted by Crippen LogP contribution is 2.28. The maximum atomic E-state index is 13.0. The average molecular weight is 515 g/mol. The normalized spacial score (nSPS) is 15.4. The van der Waals surface area contributed by atoms with Crippen molar-refractivity contribution in [2.75, 3.05) is 40.8 Å². The summed E-state index contributed by atoms with van der Waals surface area (Å²) < 4.78 is 11.6. The number of carbonyl (C=O) groups is 1. The number of likely N-dealkylation sites (tertiary alicyclic amines) is 1. The zero-order valence-electron chi connectivity index (χ0n) is 23.1. The summed E-state index contributed by atoms with van der Waals surface area (Å²) >= 11 is 0. The number of rotatable bonds is 13.